The first kappa shape index (κ1) is 25.3. The molecule has 2 aromatic carbocycles. The molecule has 3 heterocycles. The molecule has 2 amide bonds. The number of anilines is 6. The lowest BCUT2D eigenvalue weighted by atomic mass is 10.1. The maximum atomic E-state index is 12.8. The fourth-order valence-electron chi connectivity index (χ4n) is 4.59. The average Bonchev–Trinajstić information content (AvgIpc) is 2.95. The van der Waals surface area contributed by atoms with E-state index < -0.39 is 0 Å². The quantitative estimate of drug-likeness (QED) is 0.423. The number of urea groups is 1. The predicted octanol–water partition coefficient (Wildman–Crippen LogP) is 3.20. The van der Waals surface area contributed by atoms with E-state index in [4.69, 9.17) is 15.5 Å². The number of para-hydroxylation sites is 2. The first-order valence-corrected chi connectivity index (χ1v) is 12.7. The van der Waals surface area contributed by atoms with Crippen LogP contribution in [0.15, 0.2) is 54.7 Å². The number of benzene rings is 2. The SMILES string of the molecule is CC(=O)c1ccc(NC(=O)N2CCN(c3nc(Nc4ccccc4N4CCOCC4)ncc3N)CC2)cc1. The third-order valence-electron chi connectivity index (χ3n) is 6.71. The van der Waals surface area contributed by atoms with Crippen LogP contribution in [0.3, 0.4) is 0 Å². The highest BCUT2D eigenvalue weighted by Gasteiger charge is 2.24. The molecule has 0 bridgehead atoms. The summed E-state index contributed by atoms with van der Waals surface area (Å²) >= 11 is 0. The molecular formula is C27H32N8O3. The Morgan fingerprint density at radius 1 is 0.921 bits per heavy atom. The van der Waals surface area contributed by atoms with Gasteiger partial charge in [0.2, 0.25) is 5.95 Å². The molecule has 0 unspecified atom stereocenters. The summed E-state index contributed by atoms with van der Waals surface area (Å²) in [6, 6.07) is 14.8. The molecule has 3 aromatic rings. The van der Waals surface area contributed by atoms with Crippen molar-refractivity contribution in [3.05, 3.63) is 60.3 Å². The number of ether oxygens (including phenoxy) is 1. The van der Waals surface area contributed by atoms with E-state index in [1.54, 1.807) is 35.4 Å². The van der Waals surface area contributed by atoms with Crippen molar-refractivity contribution in [2.45, 2.75) is 6.92 Å². The molecule has 0 saturated carbocycles. The number of rotatable bonds is 6. The topological polar surface area (TPSA) is 129 Å². The summed E-state index contributed by atoms with van der Waals surface area (Å²) in [6.45, 7) is 6.78. The number of hydrogen-bond donors (Lipinski definition) is 3. The largest absolute Gasteiger partial charge is 0.394 e. The molecule has 2 fully saturated rings. The molecule has 2 aliphatic heterocycles. The zero-order valence-corrected chi connectivity index (χ0v) is 21.4. The monoisotopic (exact) mass is 516 g/mol. The number of nitrogen functional groups attached to an aromatic ring is 1. The van der Waals surface area contributed by atoms with Gasteiger partial charge < -0.3 is 35.8 Å². The van der Waals surface area contributed by atoms with Crippen LogP contribution in [0.4, 0.5) is 39.3 Å². The van der Waals surface area contributed by atoms with Crippen molar-refractivity contribution in [1.29, 1.82) is 0 Å². The Hall–Kier alpha value is -4.38. The molecule has 198 valence electrons. The highest BCUT2D eigenvalue weighted by atomic mass is 16.5. The number of hydrogen-bond acceptors (Lipinski definition) is 9. The normalized spacial score (nSPS) is 15.8. The number of carbonyl (C=O) groups is 2. The van der Waals surface area contributed by atoms with Crippen LogP contribution in [0.1, 0.15) is 17.3 Å². The van der Waals surface area contributed by atoms with Crippen molar-refractivity contribution < 1.29 is 14.3 Å². The van der Waals surface area contributed by atoms with E-state index in [0.29, 0.717) is 68.1 Å². The maximum Gasteiger partial charge on any atom is 0.321 e. The predicted molar refractivity (Wildman–Crippen MR) is 148 cm³/mol. The van der Waals surface area contributed by atoms with Crippen LogP contribution in [0.25, 0.3) is 0 Å². The Labute approximate surface area is 221 Å². The minimum atomic E-state index is -0.182. The number of morpholine rings is 1. The van der Waals surface area contributed by atoms with Gasteiger partial charge in [0.15, 0.2) is 11.6 Å². The van der Waals surface area contributed by atoms with Gasteiger partial charge in [-0.15, -0.1) is 0 Å². The van der Waals surface area contributed by atoms with Crippen molar-refractivity contribution in [1.82, 2.24) is 14.9 Å². The Morgan fingerprint density at radius 3 is 2.34 bits per heavy atom. The van der Waals surface area contributed by atoms with Crippen LogP contribution in [0.2, 0.25) is 0 Å². The van der Waals surface area contributed by atoms with Crippen LogP contribution in [0, 0.1) is 0 Å². The highest BCUT2D eigenvalue weighted by molar-refractivity contribution is 5.95. The summed E-state index contributed by atoms with van der Waals surface area (Å²) in [4.78, 5) is 39.5. The number of amides is 2. The standard InChI is InChI=1S/C27H32N8O3/c1-19(36)20-6-8-21(9-7-20)30-27(37)35-12-10-34(11-13-35)25-22(28)18-29-26(32-25)31-23-4-2-3-5-24(23)33-14-16-38-17-15-33/h2-9,18H,10-17,28H2,1H3,(H,30,37)(H,29,31,32). The number of nitrogens with zero attached hydrogens (tertiary/aromatic N) is 5. The van der Waals surface area contributed by atoms with Gasteiger partial charge in [-0.1, -0.05) is 12.1 Å². The molecule has 11 nitrogen and oxygen atoms in total. The number of aromatic nitrogens is 2. The molecule has 0 spiro atoms. The van der Waals surface area contributed by atoms with E-state index in [1.807, 2.05) is 18.2 Å². The number of Topliss-reactive ketones (excluding diaryl/α,β-unsaturated/α-hetero) is 1. The van der Waals surface area contributed by atoms with Crippen LogP contribution in [-0.2, 0) is 4.74 Å². The number of nitrogens with one attached hydrogen (secondary N) is 2. The molecule has 0 aliphatic carbocycles. The molecule has 4 N–H and O–H groups in total. The number of carbonyl (C=O) groups excluding carboxylic acids is 2. The van der Waals surface area contributed by atoms with Gasteiger partial charge in [0.25, 0.3) is 0 Å². The van der Waals surface area contributed by atoms with Crippen molar-refractivity contribution in [2.75, 3.05) is 78.6 Å². The van der Waals surface area contributed by atoms with E-state index in [9.17, 15) is 9.59 Å². The van der Waals surface area contributed by atoms with Gasteiger partial charge in [-0.3, -0.25) is 4.79 Å². The fourth-order valence-corrected chi connectivity index (χ4v) is 4.59. The summed E-state index contributed by atoms with van der Waals surface area (Å²) in [5.74, 6) is 1.10. The van der Waals surface area contributed by atoms with E-state index in [2.05, 4.69) is 31.5 Å². The smallest absolute Gasteiger partial charge is 0.321 e. The zero-order valence-electron chi connectivity index (χ0n) is 21.4. The van der Waals surface area contributed by atoms with Gasteiger partial charge in [-0.25, -0.2) is 9.78 Å². The molecule has 38 heavy (non-hydrogen) atoms. The Bertz CT molecular complexity index is 1290. The minimum absolute atomic E-state index is 0.0114. The van der Waals surface area contributed by atoms with Crippen molar-refractivity contribution in [3.8, 4) is 0 Å². The fraction of sp³-hybridized carbons (Fsp3) is 0.333. The Morgan fingerprint density at radius 2 is 1.63 bits per heavy atom. The first-order chi connectivity index (χ1) is 18.5. The number of nitrogens with two attached hydrogens (primary N) is 1. The van der Waals surface area contributed by atoms with Gasteiger partial charge in [-0.2, -0.15) is 4.98 Å². The van der Waals surface area contributed by atoms with Gasteiger partial charge >= 0.3 is 6.03 Å². The minimum Gasteiger partial charge on any atom is -0.394 e. The molecule has 2 saturated heterocycles. The third-order valence-corrected chi connectivity index (χ3v) is 6.71. The lowest BCUT2D eigenvalue weighted by molar-refractivity contribution is 0.101. The molecule has 2 aliphatic rings. The molecule has 0 radical (unpaired) electrons. The molecule has 5 rings (SSSR count). The second-order valence-corrected chi connectivity index (χ2v) is 9.25. The Balaban J connectivity index is 1.22. The van der Waals surface area contributed by atoms with E-state index in [1.165, 1.54) is 6.92 Å². The molecule has 0 atom stereocenters. The van der Waals surface area contributed by atoms with Crippen LogP contribution < -0.4 is 26.2 Å². The zero-order chi connectivity index (χ0) is 26.5. The maximum absolute atomic E-state index is 12.8. The van der Waals surface area contributed by atoms with E-state index >= 15 is 0 Å². The second kappa shape index (κ2) is 11.3. The second-order valence-electron chi connectivity index (χ2n) is 9.25. The lowest BCUT2D eigenvalue weighted by Crippen LogP contribution is -2.50. The summed E-state index contributed by atoms with van der Waals surface area (Å²) in [7, 11) is 0. The average molecular weight is 517 g/mol. The van der Waals surface area contributed by atoms with Crippen molar-refractivity contribution in [2.24, 2.45) is 0 Å². The van der Waals surface area contributed by atoms with E-state index in [-0.39, 0.29) is 11.8 Å². The number of piperazine rings is 1. The van der Waals surface area contributed by atoms with Crippen LogP contribution in [-0.4, -0.2) is 79.2 Å². The molecule has 11 heteroatoms. The molecule has 1 aromatic heterocycles. The summed E-state index contributed by atoms with van der Waals surface area (Å²) in [6.07, 6.45) is 1.62. The molecular weight excluding hydrogens is 484 g/mol. The van der Waals surface area contributed by atoms with Crippen molar-refractivity contribution in [3.63, 3.8) is 0 Å². The highest BCUT2D eigenvalue weighted by Crippen LogP contribution is 2.30. The summed E-state index contributed by atoms with van der Waals surface area (Å²) in [5, 5.41) is 6.26. The van der Waals surface area contributed by atoms with Crippen molar-refractivity contribution >= 4 is 46.3 Å². The van der Waals surface area contributed by atoms with Crippen LogP contribution >= 0.6 is 0 Å². The van der Waals surface area contributed by atoms with Crippen LogP contribution in [0.5, 0.6) is 0 Å². The lowest BCUT2D eigenvalue weighted by Gasteiger charge is -2.35. The Kier molecular flexibility index (Phi) is 7.55. The summed E-state index contributed by atoms with van der Waals surface area (Å²) < 4.78 is 5.49. The summed E-state index contributed by atoms with van der Waals surface area (Å²) in [5.41, 5.74) is 10.00. The first-order valence-electron chi connectivity index (χ1n) is 12.7. The van der Waals surface area contributed by atoms with Gasteiger partial charge in [0.1, 0.15) is 0 Å². The van der Waals surface area contributed by atoms with Gasteiger partial charge in [0.05, 0.1) is 36.5 Å². The third kappa shape index (κ3) is 5.78. The van der Waals surface area contributed by atoms with Gasteiger partial charge in [-0.05, 0) is 43.3 Å². The number of ketones is 1. The van der Waals surface area contributed by atoms with Gasteiger partial charge in [0, 0.05) is 50.5 Å². The van der Waals surface area contributed by atoms with E-state index in [0.717, 1.165) is 24.5 Å².